The molecule has 0 aliphatic carbocycles. The monoisotopic (exact) mass is 360 g/mol. The smallest absolute Gasteiger partial charge is 0.319 e. The van der Waals surface area contributed by atoms with Crippen molar-refractivity contribution in [2.75, 3.05) is 30.0 Å². The molecule has 1 aliphatic rings. The lowest BCUT2D eigenvalue weighted by Crippen LogP contribution is -2.32. The molecule has 0 spiro atoms. The number of amides is 2. The average Bonchev–Trinajstić information content (AvgIpc) is 3.15. The minimum atomic E-state index is -0.212. The standard InChI is InChI=1S/C18H20N2O2S2/c21-18(19-9-10-22-16-7-2-1-3-8-16)20-15-6-4-5-14(13-15)17-23-11-12-24-17/h1-8,13,17H,9-12H2,(H2,19,20,21). The van der Waals surface area contributed by atoms with Crippen molar-refractivity contribution >= 4 is 35.2 Å². The fourth-order valence-electron chi connectivity index (χ4n) is 2.34. The van der Waals surface area contributed by atoms with Crippen LogP contribution in [0.4, 0.5) is 10.5 Å². The van der Waals surface area contributed by atoms with Gasteiger partial charge >= 0.3 is 6.03 Å². The molecule has 0 saturated carbocycles. The summed E-state index contributed by atoms with van der Waals surface area (Å²) in [5, 5.41) is 5.69. The molecule has 1 saturated heterocycles. The Labute approximate surface area is 150 Å². The quantitative estimate of drug-likeness (QED) is 0.751. The van der Waals surface area contributed by atoms with Gasteiger partial charge in [-0.2, -0.15) is 0 Å². The van der Waals surface area contributed by atoms with Crippen LogP contribution in [0, 0.1) is 0 Å². The van der Waals surface area contributed by atoms with Crippen LogP contribution in [-0.2, 0) is 0 Å². The first-order valence-corrected chi connectivity index (χ1v) is 9.97. The number of urea groups is 1. The van der Waals surface area contributed by atoms with Gasteiger partial charge in [0.2, 0.25) is 0 Å². The maximum Gasteiger partial charge on any atom is 0.319 e. The zero-order chi connectivity index (χ0) is 16.6. The number of anilines is 1. The fraction of sp³-hybridized carbons (Fsp3) is 0.278. The largest absolute Gasteiger partial charge is 0.492 e. The molecule has 0 unspecified atom stereocenters. The molecule has 126 valence electrons. The topological polar surface area (TPSA) is 50.4 Å². The molecule has 4 nitrogen and oxygen atoms in total. The van der Waals surface area contributed by atoms with E-state index in [1.54, 1.807) is 0 Å². The van der Waals surface area contributed by atoms with Crippen molar-refractivity contribution in [3.05, 3.63) is 60.2 Å². The van der Waals surface area contributed by atoms with E-state index in [-0.39, 0.29) is 6.03 Å². The van der Waals surface area contributed by atoms with Gasteiger partial charge in [0.05, 0.1) is 11.1 Å². The Balaban J connectivity index is 1.42. The molecule has 2 N–H and O–H groups in total. The fourth-order valence-corrected chi connectivity index (χ4v) is 5.18. The molecule has 0 radical (unpaired) electrons. The number of hydrogen-bond acceptors (Lipinski definition) is 4. The number of hydrogen-bond donors (Lipinski definition) is 2. The Morgan fingerprint density at radius 1 is 1.08 bits per heavy atom. The molecule has 3 rings (SSSR count). The van der Waals surface area contributed by atoms with Crippen molar-refractivity contribution < 1.29 is 9.53 Å². The number of thioether (sulfide) groups is 2. The second kappa shape index (κ2) is 8.89. The highest BCUT2D eigenvalue weighted by Crippen LogP contribution is 2.45. The van der Waals surface area contributed by atoms with E-state index in [4.69, 9.17) is 4.74 Å². The predicted molar refractivity (Wildman–Crippen MR) is 103 cm³/mol. The zero-order valence-corrected chi connectivity index (χ0v) is 14.9. The molecule has 0 bridgehead atoms. The van der Waals surface area contributed by atoms with Gasteiger partial charge in [-0.15, -0.1) is 23.5 Å². The number of carbonyl (C=O) groups excluding carboxylic acids is 1. The summed E-state index contributed by atoms with van der Waals surface area (Å²) in [5.41, 5.74) is 2.08. The van der Waals surface area contributed by atoms with E-state index in [2.05, 4.69) is 22.8 Å². The highest BCUT2D eigenvalue weighted by molar-refractivity contribution is 8.19. The van der Waals surface area contributed by atoms with Crippen LogP contribution < -0.4 is 15.4 Å². The van der Waals surface area contributed by atoms with Gasteiger partial charge in [0, 0.05) is 17.2 Å². The van der Waals surface area contributed by atoms with Gasteiger partial charge < -0.3 is 15.4 Å². The van der Waals surface area contributed by atoms with Crippen LogP contribution >= 0.6 is 23.5 Å². The summed E-state index contributed by atoms with van der Waals surface area (Å²) >= 11 is 3.91. The van der Waals surface area contributed by atoms with Crippen molar-refractivity contribution in [1.29, 1.82) is 0 Å². The Kier molecular flexibility index (Phi) is 6.32. The molecule has 2 aromatic carbocycles. The summed E-state index contributed by atoms with van der Waals surface area (Å²) in [6, 6.07) is 17.4. The van der Waals surface area contributed by atoms with Crippen molar-refractivity contribution in [2.45, 2.75) is 4.58 Å². The van der Waals surface area contributed by atoms with E-state index in [9.17, 15) is 4.79 Å². The van der Waals surface area contributed by atoms with Crippen molar-refractivity contribution in [3.8, 4) is 5.75 Å². The summed E-state index contributed by atoms with van der Waals surface area (Å²) in [5.74, 6) is 3.18. The van der Waals surface area contributed by atoms with E-state index in [0.29, 0.717) is 17.7 Å². The third-order valence-electron chi connectivity index (χ3n) is 3.44. The normalized spacial score (nSPS) is 14.3. The first kappa shape index (κ1) is 17.0. The van der Waals surface area contributed by atoms with E-state index in [1.165, 1.54) is 17.1 Å². The van der Waals surface area contributed by atoms with Crippen molar-refractivity contribution in [1.82, 2.24) is 5.32 Å². The first-order valence-electron chi connectivity index (χ1n) is 7.87. The van der Waals surface area contributed by atoms with Gasteiger partial charge in [0.25, 0.3) is 0 Å². The lowest BCUT2D eigenvalue weighted by molar-refractivity contribution is 0.247. The second-order valence-corrected chi connectivity index (χ2v) is 7.97. The van der Waals surface area contributed by atoms with Crippen LogP contribution in [0.3, 0.4) is 0 Å². The van der Waals surface area contributed by atoms with Gasteiger partial charge in [-0.05, 0) is 29.8 Å². The van der Waals surface area contributed by atoms with Gasteiger partial charge in [-0.25, -0.2) is 4.79 Å². The Morgan fingerprint density at radius 2 is 1.88 bits per heavy atom. The maximum absolute atomic E-state index is 12.0. The molecule has 2 amide bonds. The van der Waals surface area contributed by atoms with Crippen LogP contribution in [-0.4, -0.2) is 30.7 Å². The van der Waals surface area contributed by atoms with Crippen molar-refractivity contribution in [2.24, 2.45) is 0 Å². The van der Waals surface area contributed by atoms with Crippen LogP contribution in [0.15, 0.2) is 54.6 Å². The van der Waals surface area contributed by atoms with Crippen LogP contribution in [0.1, 0.15) is 10.1 Å². The molecule has 0 atom stereocenters. The van der Waals surface area contributed by atoms with Crippen LogP contribution in [0.2, 0.25) is 0 Å². The van der Waals surface area contributed by atoms with E-state index in [0.717, 1.165) is 11.4 Å². The molecular formula is C18H20N2O2S2. The average molecular weight is 361 g/mol. The number of nitrogens with one attached hydrogen (secondary N) is 2. The summed E-state index contributed by atoms with van der Waals surface area (Å²) in [6.07, 6.45) is 0. The van der Waals surface area contributed by atoms with E-state index < -0.39 is 0 Å². The van der Waals surface area contributed by atoms with Gasteiger partial charge in [-0.3, -0.25) is 0 Å². The predicted octanol–water partition coefficient (Wildman–Crippen LogP) is 4.37. The molecule has 1 heterocycles. The number of rotatable bonds is 6. The molecule has 0 aromatic heterocycles. The van der Waals surface area contributed by atoms with Gasteiger partial charge in [-0.1, -0.05) is 30.3 Å². The Hall–Kier alpha value is -1.79. The lowest BCUT2D eigenvalue weighted by Gasteiger charge is -2.12. The molecular weight excluding hydrogens is 340 g/mol. The summed E-state index contributed by atoms with van der Waals surface area (Å²) in [4.78, 5) is 12.0. The van der Waals surface area contributed by atoms with Gasteiger partial charge in [0.1, 0.15) is 12.4 Å². The zero-order valence-electron chi connectivity index (χ0n) is 13.2. The highest BCUT2D eigenvalue weighted by atomic mass is 32.2. The lowest BCUT2D eigenvalue weighted by atomic mass is 10.2. The first-order chi connectivity index (χ1) is 11.8. The maximum atomic E-state index is 12.0. The molecule has 1 fully saturated rings. The number of carbonyl (C=O) groups is 1. The highest BCUT2D eigenvalue weighted by Gasteiger charge is 2.18. The molecule has 1 aliphatic heterocycles. The molecule has 24 heavy (non-hydrogen) atoms. The van der Waals surface area contributed by atoms with Gasteiger partial charge in [0.15, 0.2) is 0 Å². The Morgan fingerprint density at radius 3 is 2.67 bits per heavy atom. The van der Waals surface area contributed by atoms with Crippen LogP contribution in [0.5, 0.6) is 5.75 Å². The SMILES string of the molecule is O=C(NCCOc1ccccc1)Nc1cccc(C2SCCS2)c1. The second-order valence-electron chi connectivity index (χ2n) is 5.24. The number of para-hydroxylation sites is 1. The minimum absolute atomic E-state index is 0.212. The minimum Gasteiger partial charge on any atom is -0.492 e. The molecule has 2 aromatic rings. The summed E-state index contributed by atoms with van der Waals surface area (Å²) in [7, 11) is 0. The summed E-state index contributed by atoms with van der Waals surface area (Å²) in [6.45, 7) is 0.890. The third kappa shape index (κ3) is 5.11. The van der Waals surface area contributed by atoms with Crippen molar-refractivity contribution in [3.63, 3.8) is 0 Å². The van der Waals surface area contributed by atoms with E-state index in [1.807, 2.05) is 66.0 Å². The van der Waals surface area contributed by atoms with Crippen LogP contribution in [0.25, 0.3) is 0 Å². The number of ether oxygens (including phenoxy) is 1. The summed E-state index contributed by atoms with van der Waals surface area (Å²) < 4.78 is 6.03. The van der Waals surface area contributed by atoms with E-state index >= 15 is 0 Å². The molecule has 6 heteroatoms. The number of benzene rings is 2. The third-order valence-corrected chi connectivity index (χ3v) is 6.54. The Bertz CT molecular complexity index is 661.